The summed E-state index contributed by atoms with van der Waals surface area (Å²) >= 11 is 1.76. The standard InChI is InChI=1S/C15H23NO3S/c1-5-8-20-15-10-13(18-3)12(9-14(15)19-4)6-7-16-11(2)17/h9-10H,5-8H2,1-4H3,(H,16,17). The van der Waals surface area contributed by atoms with Crippen molar-refractivity contribution in [3.8, 4) is 11.5 Å². The van der Waals surface area contributed by atoms with Crippen LogP contribution in [0.2, 0.25) is 0 Å². The van der Waals surface area contributed by atoms with Crippen LogP contribution < -0.4 is 14.8 Å². The Morgan fingerprint density at radius 2 is 1.95 bits per heavy atom. The van der Waals surface area contributed by atoms with Crippen LogP contribution in [-0.2, 0) is 11.2 Å². The van der Waals surface area contributed by atoms with Crippen molar-refractivity contribution in [1.29, 1.82) is 0 Å². The Kier molecular flexibility index (Phi) is 7.30. The number of rotatable bonds is 8. The second-order valence-corrected chi connectivity index (χ2v) is 5.53. The second kappa shape index (κ2) is 8.74. The van der Waals surface area contributed by atoms with E-state index in [4.69, 9.17) is 9.47 Å². The molecular weight excluding hydrogens is 274 g/mol. The molecule has 0 aliphatic rings. The Morgan fingerprint density at radius 1 is 1.25 bits per heavy atom. The van der Waals surface area contributed by atoms with Crippen LogP contribution in [-0.4, -0.2) is 32.4 Å². The van der Waals surface area contributed by atoms with Gasteiger partial charge in [-0.1, -0.05) is 6.92 Å². The Hall–Kier alpha value is -1.36. The molecule has 1 amide bonds. The number of hydrogen-bond acceptors (Lipinski definition) is 4. The lowest BCUT2D eigenvalue weighted by molar-refractivity contribution is -0.118. The van der Waals surface area contributed by atoms with E-state index in [2.05, 4.69) is 12.2 Å². The van der Waals surface area contributed by atoms with Gasteiger partial charge in [0.1, 0.15) is 11.5 Å². The first kappa shape index (κ1) is 16.7. The first-order valence-corrected chi connectivity index (χ1v) is 7.73. The molecule has 0 radical (unpaired) electrons. The molecule has 1 aromatic carbocycles. The van der Waals surface area contributed by atoms with Crippen molar-refractivity contribution in [3.63, 3.8) is 0 Å². The summed E-state index contributed by atoms with van der Waals surface area (Å²) in [5, 5.41) is 2.79. The average molecular weight is 297 g/mol. The van der Waals surface area contributed by atoms with Crippen molar-refractivity contribution in [2.75, 3.05) is 26.5 Å². The number of thioether (sulfide) groups is 1. The molecule has 0 bridgehead atoms. The van der Waals surface area contributed by atoms with Crippen LogP contribution in [0.3, 0.4) is 0 Å². The lowest BCUT2D eigenvalue weighted by atomic mass is 10.1. The molecule has 112 valence electrons. The van der Waals surface area contributed by atoms with Crippen molar-refractivity contribution in [2.45, 2.75) is 31.6 Å². The first-order chi connectivity index (χ1) is 9.62. The lowest BCUT2D eigenvalue weighted by Gasteiger charge is -2.14. The van der Waals surface area contributed by atoms with Crippen LogP contribution in [0.15, 0.2) is 17.0 Å². The third kappa shape index (κ3) is 4.96. The minimum Gasteiger partial charge on any atom is -0.496 e. The maximum atomic E-state index is 10.9. The van der Waals surface area contributed by atoms with Crippen LogP contribution in [0.1, 0.15) is 25.8 Å². The van der Waals surface area contributed by atoms with E-state index < -0.39 is 0 Å². The lowest BCUT2D eigenvalue weighted by Crippen LogP contribution is -2.22. The summed E-state index contributed by atoms with van der Waals surface area (Å²) in [6.45, 7) is 4.26. The molecule has 0 aromatic heterocycles. The second-order valence-electron chi connectivity index (χ2n) is 4.40. The van der Waals surface area contributed by atoms with Crippen LogP contribution in [0, 0.1) is 0 Å². The number of benzene rings is 1. The van der Waals surface area contributed by atoms with Gasteiger partial charge in [-0.2, -0.15) is 0 Å². The molecule has 1 rings (SSSR count). The zero-order valence-electron chi connectivity index (χ0n) is 12.6. The zero-order valence-corrected chi connectivity index (χ0v) is 13.4. The van der Waals surface area contributed by atoms with Gasteiger partial charge in [-0.15, -0.1) is 11.8 Å². The quantitative estimate of drug-likeness (QED) is 0.750. The van der Waals surface area contributed by atoms with Crippen molar-refractivity contribution < 1.29 is 14.3 Å². The smallest absolute Gasteiger partial charge is 0.216 e. The van der Waals surface area contributed by atoms with Crippen molar-refractivity contribution >= 4 is 17.7 Å². The number of hydrogen-bond donors (Lipinski definition) is 1. The topological polar surface area (TPSA) is 47.6 Å². The molecule has 20 heavy (non-hydrogen) atoms. The third-order valence-electron chi connectivity index (χ3n) is 2.80. The number of nitrogens with one attached hydrogen (secondary N) is 1. The summed E-state index contributed by atoms with van der Waals surface area (Å²) in [5.41, 5.74) is 1.04. The highest BCUT2D eigenvalue weighted by atomic mass is 32.2. The van der Waals surface area contributed by atoms with Crippen molar-refractivity contribution in [2.24, 2.45) is 0 Å². The summed E-state index contributed by atoms with van der Waals surface area (Å²) in [4.78, 5) is 12.0. The van der Waals surface area contributed by atoms with Gasteiger partial charge in [0.2, 0.25) is 5.91 Å². The molecule has 5 heteroatoms. The molecule has 0 saturated carbocycles. The molecule has 0 atom stereocenters. The van der Waals surface area contributed by atoms with Crippen LogP contribution in [0.4, 0.5) is 0 Å². The SMILES string of the molecule is CCCSc1cc(OC)c(CCNC(C)=O)cc1OC. The number of ether oxygens (including phenoxy) is 2. The Labute approximate surface area is 125 Å². The predicted molar refractivity (Wildman–Crippen MR) is 82.9 cm³/mol. The fourth-order valence-electron chi connectivity index (χ4n) is 1.83. The fourth-order valence-corrected chi connectivity index (χ4v) is 2.73. The molecule has 0 heterocycles. The van der Waals surface area contributed by atoms with E-state index in [0.717, 1.165) is 40.6 Å². The highest BCUT2D eigenvalue weighted by Gasteiger charge is 2.11. The van der Waals surface area contributed by atoms with Gasteiger partial charge < -0.3 is 14.8 Å². The van der Waals surface area contributed by atoms with Gasteiger partial charge in [0.05, 0.1) is 19.1 Å². The molecule has 0 aliphatic heterocycles. The fraction of sp³-hybridized carbons (Fsp3) is 0.533. The predicted octanol–water partition coefficient (Wildman–Crippen LogP) is 2.88. The van der Waals surface area contributed by atoms with Crippen LogP contribution in [0.25, 0.3) is 0 Å². The van der Waals surface area contributed by atoms with Gasteiger partial charge in [-0.3, -0.25) is 4.79 Å². The van der Waals surface area contributed by atoms with E-state index in [0.29, 0.717) is 6.54 Å². The molecule has 0 aliphatic carbocycles. The number of methoxy groups -OCH3 is 2. The molecular formula is C15H23NO3S. The van der Waals surface area contributed by atoms with E-state index in [1.165, 1.54) is 6.92 Å². The van der Waals surface area contributed by atoms with Crippen LogP contribution in [0.5, 0.6) is 11.5 Å². The van der Waals surface area contributed by atoms with E-state index in [1.807, 2.05) is 12.1 Å². The summed E-state index contributed by atoms with van der Waals surface area (Å²) < 4.78 is 10.9. The zero-order chi connectivity index (χ0) is 15.0. The summed E-state index contributed by atoms with van der Waals surface area (Å²) in [5.74, 6) is 2.73. The minimum atomic E-state index is -0.0222. The molecule has 0 spiro atoms. The van der Waals surface area contributed by atoms with Crippen molar-refractivity contribution in [1.82, 2.24) is 5.32 Å². The monoisotopic (exact) mass is 297 g/mol. The van der Waals surface area contributed by atoms with Gasteiger partial charge in [-0.05, 0) is 36.3 Å². The summed E-state index contributed by atoms with van der Waals surface area (Å²) in [6, 6.07) is 4.01. The molecule has 1 N–H and O–H groups in total. The molecule has 0 saturated heterocycles. The molecule has 4 nitrogen and oxygen atoms in total. The first-order valence-electron chi connectivity index (χ1n) is 6.74. The van der Waals surface area contributed by atoms with Gasteiger partial charge in [-0.25, -0.2) is 0 Å². The highest BCUT2D eigenvalue weighted by Crippen LogP contribution is 2.36. The van der Waals surface area contributed by atoms with E-state index in [1.54, 1.807) is 26.0 Å². The number of carbonyl (C=O) groups is 1. The largest absolute Gasteiger partial charge is 0.496 e. The van der Waals surface area contributed by atoms with E-state index in [9.17, 15) is 4.79 Å². The van der Waals surface area contributed by atoms with E-state index >= 15 is 0 Å². The molecule has 1 aromatic rings. The number of carbonyl (C=O) groups excluding carboxylic acids is 1. The van der Waals surface area contributed by atoms with Gasteiger partial charge in [0, 0.05) is 13.5 Å². The Morgan fingerprint density at radius 3 is 2.50 bits per heavy atom. The van der Waals surface area contributed by atoms with Gasteiger partial charge >= 0.3 is 0 Å². The maximum Gasteiger partial charge on any atom is 0.216 e. The van der Waals surface area contributed by atoms with Crippen LogP contribution >= 0.6 is 11.8 Å². The van der Waals surface area contributed by atoms with Gasteiger partial charge in [0.15, 0.2) is 0 Å². The average Bonchev–Trinajstić information content (AvgIpc) is 2.44. The van der Waals surface area contributed by atoms with Crippen molar-refractivity contribution in [3.05, 3.63) is 17.7 Å². The maximum absolute atomic E-state index is 10.9. The Bertz CT molecular complexity index is 449. The normalized spacial score (nSPS) is 10.2. The Balaban J connectivity index is 2.90. The van der Waals surface area contributed by atoms with E-state index in [-0.39, 0.29) is 5.91 Å². The highest BCUT2D eigenvalue weighted by molar-refractivity contribution is 7.99. The molecule has 0 fully saturated rings. The minimum absolute atomic E-state index is 0.0222. The summed E-state index contributed by atoms with van der Waals surface area (Å²) in [7, 11) is 3.34. The number of amides is 1. The summed E-state index contributed by atoms with van der Waals surface area (Å²) in [6.07, 6.45) is 1.83. The third-order valence-corrected chi connectivity index (χ3v) is 4.04. The molecule has 0 unspecified atom stereocenters. The van der Waals surface area contributed by atoms with Gasteiger partial charge in [0.25, 0.3) is 0 Å².